The molecular weight excluding hydrogens is 467 g/mol. The maximum Gasteiger partial charge on any atom is 0.229 e. The maximum absolute atomic E-state index is 11.4. The summed E-state index contributed by atoms with van der Waals surface area (Å²) in [6, 6.07) is 7.29. The SMILES string of the molecule is CN=C(NCCCOCC1CC1)NCc1ccccc1NS(C)(=O)=O.I. The second kappa shape index (κ2) is 11.6. The van der Waals surface area contributed by atoms with Crippen LogP contribution >= 0.6 is 24.0 Å². The Morgan fingerprint density at radius 2 is 2.00 bits per heavy atom. The normalized spacial score (nSPS) is 14.5. The summed E-state index contributed by atoms with van der Waals surface area (Å²) >= 11 is 0. The van der Waals surface area contributed by atoms with Crippen LogP contribution in [-0.2, 0) is 21.3 Å². The largest absolute Gasteiger partial charge is 0.381 e. The van der Waals surface area contributed by atoms with Crippen molar-refractivity contribution in [1.82, 2.24) is 10.6 Å². The number of rotatable bonds is 10. The van der Waals surface area contributed by atoms with Gasteiger partial charge in [-0.25, -0.2) is 8.42 Å². The summed E-state index contributed by atoms with van der Waals surface area (Å²) in [5, 5.41) is 6.43. The molecule has 2 rings (SSSR count). The molecule has 0 aliphatic heterocycles. The van der Waals surface area contributed by atoms with Crippen LogP contribution in [0.4, 0.5) is 5.69 Å². The lowest BCUT2D eigenvalue weighted by atomic mass is 10.2. The third-order valence-electron chi connectivity index (χ3n) is 3.79. The first-order chi connectivity index (χ1) is 12.0. The number of halogens is 1. The van der Waals surface area contributed by atoms with Crippen molar-refractivity contribution >= 4 is 45.6 Å². The van der Waals surface area contributed by atoms with Crippen LogP contribution in [0.3, 0.4) is 0 Å². The van der Waals surface area contributed by atoms with E-state index in [1.54, 1.807) is 19.2 Å². The molecule has 3 N–H and O–H groups in total. The first kappa shape index (κ1) is 23.0. The molecule has 148 valence electrons. The molecule has 1 aromatic rings. The highest BCUT2D eigenvalue weighted by Gasteiger charge is 2.20. The quantitative estimate of drug-likeness (QED) is 0.200. The molecule has 1 aromatic carbocycles. The second-order valence-corrected chi connectivity index (χ2v) is 8.00. The molecule has 0 unspecified atom stereocenters. The minimum absolute atomic E-state index is 0. The minimum atomic E-state index is -3.31. The molecule has 0 aromatic heterocycles. The number of guanidine groups is 1. The Kier molecular flexibility index (Phi) is 10.3. The van der Waals surface area contributed by atoms with Crippen molar-refractivity contribution in [2.45, 2.75) is 25.8 Å². The number of hydrogen-bond donors (Lipinski definition) is 3. The lowest BCUT2D eigenvalue weighted by molar-refractivity contribution is 0.123. The number of nitrogens with one attached hydrogen (secondary N) is 3. The maximum atomic E-state index is 11.4. The molecule has 0 heterocycles. The van der Waals surface area contributed by atoms with E-state index in [-0.39, 0.29) is 24.0 Å². The number of para-hydroxylation sites is 1. The Labute approximate surface area is 173 Å². The van der Waals surface area contributed by atoms with Gasteiger partial charge in [0.2, 0.25) is 10.0 Å². The highest BCUT2D eigenvalue weighted by atomic mass is 127. The second-order valence-electron chi connectivity index (χ2n) is 6.26. The van der Waals surface area contributed by atoms with E-state index in [9.17, 15) is 8.42 Å². The zero-order valence-corrected chi connectivity index (χ0v) is 18.5. The zero-order chi connectivity index (χ0) is 18.1. The predicted octanol–water partition coefficient (Wildman–Crippen LogP) is 2.16. The van der Waals surface area contributed by atoms with E-state index in [2.05, 4.69) is 20.3 Å². The van der Waals surface area contributed by atoms with E-state index in [4.69, 9.17) is 4.74 Å². The Morgan fingerprint density at radius 3 is 2.65 bits per heavy atom. The highest BCUT2D eigenvalue weighted by molar-refractivity contribution is 14.0. The van der Waals surface area contributed by atoms with Crippen LogP contribution < -0.4 is 15.4 Å². The fourth-order valence-electron chi connectivity index (χ4n) is 2.29. The molecule has 0 radical (unpaired) electrons. The summed E-state index contributed by atoms with van der Waals surface area (Å²) in [6.07, 6.45) is 4.68. The van der Waals surface area contributed by atoms with Crippen molar-refractivity contribution in [2.24, 2.45) is 10.9 Å². The van der Waals surface area contributed by atoms with Crippen LogP contribution in [0.2, 0.25) is 0 Å². The third kappa shape index (κ3) is 9.58. The van der Waals surface area contributed by atoms with Crippen molar-refractivity contribution in [3.63, 3.8) is 0 Å². The van der Waals surface area contributed by atoms with Gasteiger partial charge < -0.3 is 15.4 Å². The number of benzene rings is 1. The summed E-state index contributed by atoms with van der Waals surface area (Å²) in [5.41, 5.74) is 1.42. The van der Waals surface area contributed by atoms with Crippen LogP contribution in [0.5, 0.6) is 0 Å². The summed E-state index contributed by atoms with van der Waals surface area (Å²) in [7, 11) is -1.60. The minimum Gasteiger partial charge on any atom is -0.381 e. The molecule has 0 bridgehead atoms. The third-order valence-corrected chi connectivity index (χ3v) is 4.38. The lowest BCUT2D eigenvalue weighted by Gasteiger charge is -2.14. The van der Waals surface area contributed by atoms with Gasteiger partial charge in [0.15, 0.2) is 5.96 Å². The van der Waals surface area contributed by atoms with Gasteiger partial charge in [-0.1, -0.05) is 18.2 Å². The summed E-state index contributed by atoms with van der Waals surface area (Å²) < 4.78 is 31.0. The van der Waals surface area contributed by atoms with Crippen LogP contribution in [-0.4, -0.2) is 47.4 Å². The average molecular weight is 496 g/mol. The fourth-order valence-corrected chi connectivity index (χ4v) is 2.89. The molecule has 0 atom stereocenters. The number of sulfonamides is 1. The van der Waals surface area contributed by atoms with Crippen LogP contribution in [0, 0.1) is 5.92 Å². The Balaban J connectivity index is 0.00000338. The van der Waals surface area contributed by atoms with Crippen LogP contribution in [0.1, 0.15) is 24.8 Å². The molecule has 1 aliphatic rings. The van der Waals surface area contributed by atoms with Gasteiger partial charge in [0, 0.05) is 33.4 Å². The van der Waals surface area contributed by atoms with Gasteiger partial charge in [-0.3, -0.25) is 9.71 Å². The van der Waals surface area contributed by atoms with Gasteiger partial charge in [0.1, 0.15) is 0 Å². The number of hydrogen-bond acceptors (Lipinski definition) is 4. The molecule has 0 amide bonds. The van der Waals surface area contributed by atoms with Gasteiger partial charge in [-0.2, -0.15) is 0 Å². The van der Waals surface area contributed by atoms with Gasteiger partial charge >= 0.3 is 0 Å². The topological polar surface area (TPSA) is 91.8 Å². The molecule has 26 heavy (non-hydrogen) atoms. The number of nitrogens with zero attached hydrogens (tertiary/aromatic N) is 1. The summed E-state index contributed by atoms with van der Waals surface area (Å²) in [5.74, 6) is 1.47. The van der Waals surface area contributed by atoms with E-state index in [0.717, 1.165) is 43.9 Å². The smallest absolute Gasteiger partial charge is 0.229 e. The van der Waals surface area contributed by atoms with Gasteiger partial charge in [-0.15, -0.1) is 24.0 Å². The van der Waals surface area contributed by atoms with Crippen molar-refractivity contribution in [3.8, 4) is 0 Å². The first-order valence-electron chi connectivity index (χ1n) is 8.56. The molecule has 1 saturated carbocycles. The van der Waals surface area contributed by atoms with Gasteiger partial charge in [0.05, 0.1) is 11.9 Å². The molecule has 0 saturated heterocycles. The monoisotopic (exact) mass is 496 g/mol. The molecular formula is C17H29IN4O3S. The van der Waals surface area contributed by atoms with Gasteiger partial charge in [0.25, 0.3) is 0 Å². The van der Waals surface area contributed by atoms with Crippen molar-refractivity contribution in [2.75, 3.05) is 37.8 Å². The van der Waals surface area contributed by atoms with Crippen molar-refractivity contribution in [3.05, 3.63) is 29.8 Å². The number of aliphatic imine (C=N–C) groups is 1. The van der Waals surface area contributed by atoms with E-state index in [0.29, 0.717) is 18.2 Å². The van der Waals surface area contributed by atoms with E-state index in [1.807, 2.05) is 12.1 Å². The molecule has 7 nitrogen and oxygen atoms in total. The van der Waals surface area contributed by atoms with E-state index < -0.39 is 10.0 Å². The van der Waals surface area contributed by atoms with Crippen LogP contribution in [0.25, 0.3) is 0 Å². The predicted molar refractivity (Wildman–Crippen MR) is 117 cm³/mol. The Morgan fingerprint density at radius 1 is 1.27 bits per heavy atom. The lowest BCUT2D eigenvalue weighted by Crippen LogP contribution is -2.37. The van der Waals surface area contributed by atoms with Crippen molar-refractivity contribution in [1.29, 1.82) is 0 Å². The molecule has 1 fully saturated rings. The van der Waals surface area contributed by atoms with E-state index >= 15 is 0 Å². The summed E-state index contributed by atoms with van der Waals surface area (Å²) in [6.45, 7) is 2.88. The molecule has 0 spiro atoms. The van der Waals surface area contributed by atoms with Gasteiger partial charge in [-0.05, 0) is 36.8 Å². The first-order valence-corrected chi connectivity index (χ1v) is 10.4. The fraction of sp³-hybridized carbons (Fsp3) is 0.588. The van der Waals surface area contributed by atoms with Crippen molar-refractivity contribution < 1.29 is 13.2 Å². The number of ether oxygens (including phenoxy) is 1. The van der Waals surface area contributed by atoms with Crippen LogP contribution in [0.15, 0.2) is 29.3 Å². The Hall–Kier alpha value is -1.07. The standard InChI is InChI=1S/C17H28N4O3S.HI/c1-18-17(19-10-5-11-24-13-14-8-9-14)20-12-15-6-3-4-7-16(15)21-25(2,22)23;/h3-4,6-7,14,21H,5,8-13H2,1-2H3,(H2,18,19,20);1H. The highest BCUT2D eigenvalue weighted by Crippen LogP contribution is 2.28. The number of anilines is 1. The van der Waals surface area contributed by atoms with E-state index in [1.165, 1.54) is 12.8 Å². The zero-order valence-electron chi connectivity index (χ0n) is 15.3. The molecule has 9 heteroatoms. The average Bonchev–Trinajstić information content (AvgIpc) is 3.37. The summed E-state index contributed by atoms with van der Waals surface area (Å²) in [4.78, 5) is 4.18. The molecule has 1 aliphatic carbocycles. The Bertz CT molecular complexity index is 678.